The standard InChI is InChI=1S/C24H42O4.C18H30O4/c1-19(2)13-7-5-9-15-23(21(25)26)17-11-12-18-24(23,22(27)28)16-10-6-8-14-20(3)4;1-13(2)7-11-17(15(19)20)9-5-6-10-18(17,16(21)22)12-8-14(3)4/h11-12,19-20H,5-10,13-18H2,1-4H3,(H,25,26)(H,27,28);5-6,13-14H,7-12H2,1-4H3,(H,19,20)(H,21,22). The predicted octanol–water partition coefficient (Wildman–Crippen LogP) is 11.0. The lowest BCUT2D eigenvalue weighted by molar-refractivity contribution is -0.177. The summed E-state index contributed by atoms with van der Waals surface area (Å²) in [6, 6.07) is 0. The Morgan fingerprint density at radius 2 is 0.640 bits per heavy atom. The van der Waals surface area contributed by atoms with Crippen LogP contribution in [0.5, 0.6) is 0 Å². The smallest absolute Gasteiger partial charge is 0.311 e. The molecule has 4 N–H and O–H groups in total. The van der Waals surface area contributed by atoms with Crippen molar-refractivity contribution >= 4 is 23.9 Å². The van der Waals surface area contributed by atoms with Gasteiger partial charge in [0.2, 0.25) is 0 Å². The molecule has 8 heteroatoms. The van der Waals surface area contributed by atoms with E-state index in [4.69, 9.17) is 0 Å². The van der Waals surface area contributed by atoms with Gasteiger partial charge in [-0.05, 0) is 87.9 Å². The average molecular weight is 705 g/mol. The third kappa shape index (κ3) is 11.7. The van der Waals surface area contributed by atoms with Gasteiger partial charge in [-0.3, -0.25) is 19.2 Å². The number of carbonyl (C=O) groups is 4. The first-order chi connectivity index (χ1) is 23.4. The van der Waals surface area contributed by atoms with Gasteiger partial charge in [0, 0.05) is 0 Å². The summed E-state index contributed by atoms with van der Waals surface area (Å²) in [6.07, 6.45) is 20.0. The van der Waals surface area contributed by atoms with Crippen LogP contribution in [0.3, 0.4) is 0 Å². The summed E-state index contributed by atoms with van der Waals surface area (Å²) >= 11 is 0. The Morgan fingerprint density at radius 1 is 0.400 bits per heavy atom. The Kier molecular flexibility index (Phi) is 19.1. The fourth-order valence-corrected chi connectivity index (χ4v) is 8.26. The average Bonchev–Trinajstić information content (AvgIpc) is 3.02. The van der Waals surface area contributed by atoms with Gasteiger partial charge >= 0.3 is 23.9 Å². The van der Waals surface area contributed by atoms with Gasteiger partial charge in [-0.1, -0.05) is 131 Å². The molecule has 0 saturated carbocycles. The van der Waals surface area contributed by atoms with Crippen molar-refractivity contribution in [3.05, 3.63) is 24.3 Å². The van der Waals surface area contributed by atoms with Crippen LogP contribution in [-0.2, 0) is 19.2 Å². The summed E-state index contributed by atoms with van der Waals surface area (Å²) in [4.78, 5) is 49.2. The number of allylic oxidation sites excluding steroid dienone is 4. The summed E-state index contributed by atoms with van der Waals surface area (Å²) in [6.45, 7) is 17.0. The summed E-state index contributed by atoms with van der Waals surface area (Å²) in [7, 11) is 0. The maximum absolute atomic E-state index is 12.4. The van der Waals surface area contributed by atoms with Crippen LogP contribution in [0.15, 0.2) is 24.3 Å². The summed E-state index contributed by atoms with van der Waals surface area (Å²) in [5.41, 5.74) is -4.73. The molecule has 0 radical (unpaired) electrons. The number of hydrogen-bond donors (Lipinski definition) is 4. The molecule has 8 nitrogen and oxygen atoms in total. The fraction of sp³-hybridized carbons (Fsp3) is 0.810. The van der Waals surface area contributed by atoms with E-state index in [1.165, 1.54) is 0 Å². The van der Waals surface area contributed by atoms with Gasteiger partial charge in [0.1, 0.15) is 0 Å². The molecule has 0 aromatic carbocycles. The highest BCUT2D eigenvalue weighted by Crippen LogP contribution is 2.56. The van der Waals surface area contributed by atoms with E-state index in [2.05, 4.69) is 27.7 Å². The third-order valence-corrected chi connectivity index (χ3v) is 11.7. The van der Waals surface area contributed by atoms with E-state index in [1.54, 1.807) is 0 Å². The lowest BCUT2D eigenvalue weighted by Gasteiger charge is -2.47. The molecule has 4 atom stereocenters. The van der Waals surface area contributed by atoms with Crippen LogP contribution in [0.2, 0.25) is 0 Å². The van der Waals surface area contributed by atoms with E-state index in [0.29, 0.717) is 75.0 Å². The molecule has 0 spiro atoms. The van der Waals surface area contributed by atoms with Crippen LogP contribution in [0.4, 0.5) is 0 Å². The van der Waals surface area contributed by atoms with Gasteiger partial charge < -0.3 is 20.4 Å². The van der Waals surface area contributed by atoms with Gasteiger partial charge in [-0.15, -0.1) is 0 Å². The highest BCUT2D eigenvalue weighted by atomic mass is 16.4. The molecule has 0 saturated heterocycles. The van der Waals surface area contributed by atoms with E-state index in [1.807, 2.05) is 52.0 Å². The van der Waals surface area contributed by atoms with Crippen molar-refractivity contribution in [1.29, 1.82) is 0 Å². The lowest BCUT2D eigenvalue weighted by Crippen LogP contribution is -2.53. The monoisotopic (exact) mass is 705 g/mol. The van der Waals surface area contributed by atoms with Crippen molar-refractivity contribution in [1.82, 2.24) is 0 Å². The Morgan fingerprint density at radius 3 is 0.860 bits per heavy atom. The maximum atomic E-state index is 12.4. The van der Waals surface area contributed by atoms with Crippen LogP contribution < -0.4 is 0 Å². The van der Waals surface area contributed by atoms with Crippen LogP contribution in [0.1, 0.15) is 171 Å². The van der Waals surface area contributed by atoms with Crippen LogP contribution in [-0.4, -0.2) is 44.3 Å². The van der Waals surface area contributed by atoms with E-state index in [-0.39, 0.29) is 0 Å². The van der Waals surface area contributed by atoms with Crippen LogP contribution >= 0.6 is 0 Å². The molecule has 2 aliphatic carbocycles. The first-order valence-corrected chi connectivity index (χ1v) is 19.6. The van der Waals surface area contributed by atoms with Gasteiger partial charge in [-0.2, -0.15) is 0 Å². The predicted molar refractivity (Wildman–Crippen MR) is 201 cm³/mol. The Balaban J connectivity index is 0.000000515. The number of carboxylic acids is 4. The summed E-state index contributed by atoms with van der Waals surface area (Å²) < 4.78 is 0. The van der Waals surface area contributed by atoms with Crippen molar-refractivity contribution < 1.29 is 39.6 Å². The molecule has 288 valence electrons. The quantitative estimate of drug-likeness (QED) is 0.0642. The number of carboxylic acid groups (broad SMARTS) is 4. The molecule has 4 unspecified atom stereocenters. The molecule has 50 heavy (non-hydrogen) atoms. The van der Waals surface area contributed by atoms with Crippen molar-refractivity contribution in [2.45, 2.75) is 171 Å². The molecule has 2 aliphatic rings. The number of unbranched alkanes of at least 4 members (excludes halogenated alkanes) is 4. The molecule has 0 aliphatic heterocycles. The van der Waals surface area contributed by atoms with Gasteiger partial charge in [-0.25, -0.2) is 0 Å². The third-order valence-electron chi connectivity index (χ3n) is 11.7. The number of aliphatic carboxylic acids is 4. The molecule has 0 heterocycles. The summed E-state index contributed by atoms with van der Waals surface area (Å²) in [5.74, 6) is -1.75. The topological polar surface area (TPSA) is 149 Å². The highest BCUT2D eigenvalue weighted by molar-refractivity contribution is 5.88. The van der Waals surface area contributed by atoms with Gasteiger partial charge in [0.25, 0.3) is 0 Å². The zero-order valence-corrected chi connectivity index (χ0v) is 32.8. The molecule has 0 fully saturated rings. The van der Waals surface area contributed by atoms with Crippen LogP contribution in [0.25, 0.3) is 0 Å². The fourth-order valence-electron chi connectivity index (χ4n) is 8.26. The van der Waals surface area contributed by atoms with Gasteiger partial charge in [0.05, 0.1) is 21.7 Å². The van der Waals surface area contributed by atoms with E-state index < -0.39 is 45.5 Å². The highest BCUT2D eigenvalue weighted by Gasteiger charge is 2.61. The second-order valence-corrected chi connectivity index (χ2v) is 17.2. The zero-order valence-electron chi connectivity index (χ0n) is 32.8. The lowest BCUT2D eigenvalue weighted by atomic mass is 9.53. The summed E-state index contributed by atoms with van der Waals surface area (Å²) in [5, 5.41) is 40.3. The second-order valence-electron chi connectivity index (χ2n) is 17.2. The van der Waals surface area contributed by atoms with Crippen molar-refractivity contribution in [3.63, 3.8) is 0 Å². The van der Waals surface area contributed by atoms with Crippen molar-refractivity contribution in [3.8, 4) is 0 Å². The van der Waals surface area contributed by atoms with E-state index >= 15 is 0 Å². The van der Waals surface area contributed by atoms with Crippen LogP contribution in [0, 0.1) is 45.3 Å². The molecule has 0 amide bonds. The maximum Gasteiger partial charge on any atom is 0.311 e. The normalized spacial score (nSPS) is 26.3. The minimum Gasteiger partial charge on any atom is -0.481 e. The SMILES string of the molecule is CC(C)CCC1(C(=O)O)CC=CCC1(CCC(C)C)C(=O)O.CC(C)CCCCCC1(C(=O)O)CC=CCC1(CCCCCC(C)C)C(=O)O. The first kappa shape index (κ1) is 45.4. The minimum absolute atomic E-state index is 0.319. The Hall–Kier alpha value is -2.64. The van der Waals surface area contributed by atoms with E-state index in [0.717, 1.165) is 64.2 Å². The molecular formula is C42H72O8. The van der Waals surface area contributed by atoms with E-state index in [9.17, 15) is 39.6 Å². The molecule has 0 bridgehead atoms. The molecular weight excluding hydrogens is 632 g/mol. The van der Waals surface area contributed by atoms with Crippen molar-refractivity contribution in [2.24, 2.45) is 45.3 Å². The second kappa shape index (κ2) is 21.0. The number of hydrogen-bond acceptors (Lipinski definition) is 4. The molecule has 2 rings (SSSR count). The Labute approximate surface area is 303 Å². The Bertz CT molecular complexity index is 1050. The first-order valence-electron chi connectivity index (χ1n) is 19.6. The number of rotatable bonds is 22. The largest absolute Gasteiger partial charge is 0.481 e. The molecule has 0 aromatic heterocycles. The zero-order chi connectivity index (χ0) is 38.2. The molecule has 0 aromatic rings. The van der Waals surface area contributed by atoms with Gasteiger partial charge in [0.15, 0.2) is 0 Å². The van der Waals surface area contributed by atoms with Crippen molar-refractivity contribution in [2.75, 3.05) is 0 Å². The minimum atomic E-state index is -1.19.